The minimum absolute atomic E-state index is 0.207. The lowest BCUT2D eigenvalue weighted by Crippen LogP contribution is -2.28. The molecular weight excluding hydrogens is 244 g/mol. The molecule has 2 N–H and O–H groups in total. The van der Waals surface area contributed by atoms with Gasteiger partial charge in [0.2, 0.25) is 0 Å². The van der Waals surface area contributed by atoms with Crippen molar-refractivity contribution in [3.8, 4) is 0 Å². The van der Waals surface area contributed by atoms with E-state index in [1.165, 1.54) is 42.6 Å². The van der Waals surface area contributed by atoms with E-state index in [2.05, 4.69) is 50.8 Å². The Balaban J connectivity index is 2.33. The van der Waals surface area contributed by atoms with Crippen LogP contribution in [0.1, 0.15) is 62.8 Å². The van der Waals surface area contributed by atoms with Gasteiger partial charge in [-0.1, -0.05) is 39.0 Å². The molecule has 1 heterocycles. The van der Waals surface area contributed by atoms with Crippen LogP contribution < -0.4 is 5.73 Å². The fraction of sp³-hybridized carbons (Fsp3) is 0.667. The average molecular weight is 274 g/mol. The van der Waals surface area contributed by atoms with E-state index >= 15 is 0 Å². The molecule has 1 unspecified atom stereocenters. The third-order valence-corrected chi connectivity index (χ3v) is 4.48. The van der Waals surface area contributed by atoms with Gasteiger partial charge in [-0.3, -0.25) is 4.90 Å². The zero-order chi connectivity index (χ0) is 14.8. The van der Waals surface area contributed by atoms with Crippen LogP contribution in [0.2, 0.25) is 0 Å². The van der Waals surface area contributed by atoms with Gasteiger partial charge < -0.3 is 5.73 Å². The molecule has 0 saturated carbocycles. The minimum Gasteiger partial charge on any atom is -0.330 e. The molecule has 1 aromatic rings. The smallest absolute Gasteiger partial charge is 0.0360 e. The van der Waals surface area contributed by atoms with Gasteiger partial charge in [-0.25, -0.2) is 0 Å². The molecule has 1 aromatic carbocycles. The predicted molar refractivity (Wildman–Crippen MR) is 87.1 cm³/mol. The third kappa shape index (κ3) is 3.42. The number of hydrogen-bond acceptors (Lipinski definition) is 2. The summed E-state index contributed by atoms with van der Waals surface area (Å²) in [4.78, 5) is 2.62. The van der Waals surface area contributed by atoms with E-state index in [4.69, 9.17) is 5.73 Å². The maximum absolute atomic E-state index is 5.86. The average Bonchev–Trinajstić information content (AvgIpc) is 2.89. The van der Waals surface area contributed by atoms with Crippen LogP contribution in [-0.4, -0.2) is 24.5 Å². The van der Waals surface area contributed by atoms with Crippen molar-refractivity contribution >= 4 is 0 Å². The summed E-state index contributed by atoms with van der Waals surface area (Å²) in [5.74, 6) is 0. The number of nitrogens with zero attached hydrogens (tertiary/aromatic N) is 1. The van der Waals surface area contributed by atoms with Crippen LogP contribution in [0.25, 0.3) is 0 Å². The highest BCUT2D eigenvalue weighted by molar-refractivity contribution is 5.37. The Labute approximate surface area is 124 Å². The number of nitrogens with two attached hydrogens (primary N) is 1. The molecule has 112 valence electrons. The van der Waals surface area contributed by atoms with Gasteiger partial charge in [0.05, 0.1) is 0 Å². The van der Waals surface area contributed by atoms with E-state index in [0.717, 1.165) is 13.0 Å². The maximum Gasteiger partial charge on any atom is 0.0360 e. The molecule has 1 fully saturated rings. The third-order valence-electron chi connectivity index (χ3n) is 4.48. The first-order valence-corrected chi connectivity index (χ1v) is 7.98. The van der Waals surface area contributed by atoms with Crippen molar-refractivity contribution in [2.45, 2.75) is 58.4 Å². The van der Waals surface area contributed by atoms with Crippen LogP contribution in [0.15, 0.2) is 18.2 Å². The van der Waals surface area contributed by atoms with Crippen molar-refractivity contribution in [2.24, 2.45) is 5.73 Å². The molecule has 0 amide bonds. The Morgan fingerprint density at radius 1 is 1.20 bits per heavy atom. The molecule has 1 aliphatic heterocycles. The van der Waals surface area contributed by atoms with Crippen molar-refractivity contribution < 1.29 is 0 Å². The van der Waals surface area contributed by atoms with E-state index in [-0.39, 0.29) is 5.41 Å². The quantitative estimate of drug-likeness (QED) is 0.905. The summed E-state index contributed by atoms with van der Waals surface area (Å²) in [5.41, 5.74) is 10.4. The lowest BCUT2D eigenvalue weighted by atomic mass is 9.82. The Bertz CT molecular complexity index is 439. The molecule has 0 spiro atoms. The lowest BCUT2D eigenvalue weighted by Gasteiger charge is -2.30. The van der Waals surface area contributed by atoms with Crippen LogP contribution in [0.4, 0.5) is 0 Å². The van der Waals surface area contributed by atoms with Crippen molar-refractivity contribution in [1.82, 2.24) is 4.90 Å². The molecular formula is C18H30N2. The standard InChI is InChI=1S/C18H30N2/c1-14-7-8-15(13-16(14)18(2,3)4)17(9-10-19)20-11-5-6-12-20/h7-8,13,17H,5-6,9-12,19H2,1-4H3. The molecule has 1 aliphatic rings. The van der Waals surface area contributed by atoms with Gasteiger partial charge in [0, 0.05) is 6.04 Å². The highest BCUT2D eigenvalue weighted by Crippen LogP contribution is 2.32. The molecule has 2 nitrogen and oxygen atoms in total. The summed E-state index contributed by atoms with van der Waals surface area (Å²) in [5, 5.41) is 0. The molecule has 2 rings (SSSR count). The van der Waals surface area contributed by atoms with Gasteiger partial charge in [-0.2, -0.15) is 0 Å². The summed E-state index contributed by atoms with van der Waals surface area (Å²) in [6.07, 6.45) is 3.73. The Morgan fingerprint density at radius 2 is 1.85 bits per heavy atom. The number of likely N-dealkylation sites (tertiary alicyclic amines) is 1. The first-order chi connectivity index (χ1) is 9.43. The van der Waals surface area contributed by atoms with Crippen LogP contribution in [0, 0.1) is 6.92 Å². The van der Waals surface area contributed by atoms with Crippen LogP contribution >= 0.6 is 0 Å². The van der Waals surface area contributed by atoms with E-state index in [0.29, 0.717) is 6.04 Å². The van der Waals surface area contributed by atoms with E-state index in [1.54, 1.807) is 0 Å². The first kappa shape index (κ1) is 15.5. The van der Waals surface area contributed by atoms with Crippen molar-refractivity contribution in [2.75, 3.05) is 19.6 Å². The zero-order valence-electron chi connectivity index (χ0n) is 13.6. The van der Waals surface area contributed by atoms with Gasteiger partial charge in [-0.15, -0.1) is 0 Å². The summed E-state index contributed by atoms with van der Waals surface area (Å²) >= 11 is 0. The Kier molecular flexibility index (Phi) is 4.87. The monoisotopic (exact) mass is 274 g/mol. The normalized spacial score (nSPS) is 18.4. The summed E-state index contributed by atoms with van der Waals surface area (Å²) in [6, 6.07) is 7.52. The second kappa shape index (κ2) is 6.28. The summed E-state index contributed by atoms with van der Waals surface area (Å²) < 4.78 is 0. The molecule has 0 radical (unpaired) electrons. The summed E-state index contributed by atoms with van der Waals surface area (Å²) in [7, 11) is 0. The highest BCUT2D eigenvalue weighted by atomic mass is 15.2. The second-order valence-electron chi connectivity index (χ2n) is 7.16. The molecule has 2 heteroatoms. The second-order valence-corrected chi connectivity index (χ2v) is 7.16. The molecule has 0 aliphatic carbocycles. The largest absolute Gasteiger partial charge is 0.330 e. The lowest BCUT2D eigenvalue weighted by molar-refractivity contribution is 0.235. The van der Waals surface area contributed by atoms with E-state index in [1.807, 2.05) is 0 Å². The van der Waals surface area contributed by atoms with Gasteiger partial charge in [0.15, 0.2) is 0 Å². The molecule has 1 atom stereocenters. The van der Waals surface area contributed by atoms with E-state index in [9.17, 15) is 0 Å². The SMILES string of the molecule is Cc1ccc(C(CCN)N2CCCC2)cc1C(C)(C)C. The van der Waals surface area contributed by atoms with Gasteiger partial charge in [-0.05, 0) is 67.9 Å². The predicted octanol–water partition coefficient (Wildman–Crippen LogP) is 3.78. The van der Waals surface area contributed by atoms with Gasteiger partial charge >= 0.3 is 0 Å². The van der Waals surface area contributed by atoms with Gasteiger partial charge in [0.25, 0.3) is 0 Å². The Hall–Kier alpha value is -0.860. The number of rotatable bonds is 4. The first-order valence-electron chi connectivity index (χ1n) is 7.98. The van der Waals surface area contributed by atoms with Crippen molar-refractivity contribution in [1.29, 1.82) is 0 Å². The van der Waals surface area contributed by atoms with E-state index < -0.39 is 0 Å². The van der Waals surface area contributed by atoms with Crippen LogP contribution in [0.5, 0.6) is 0 Å². The number of hydrogen-bond donors (Lipinski definition) is 1. The fourth-order valence-electron chi connectivity index (χ4n) is 3.43. The van der Waals surface area contributed by atoms with Crippen molar-refractivity contribution in [3.63, 3.8) is 0 Å². The molecule has 0 aromatic heterocycles. The number of aryl methyl sites for hydroxylation is 1. The molecule has 1 saturated heterocycles. The summed E-state index contributed by atoms with van der Waals surface area (Å²) in [6.45, 7) is 12.3. The topological polar surface area (TPSA) is 29.3 Å². The molecule has 20 heavy (non-hydrogen) atoms. The highest BCUT2D eigenvalue weighted by Gasteiger charge is 2.24. The number of benzene rings is 1. The fourth-order valence-corrected chi connectivity index (χ4v) is 3.43. The van der Waals surface area contributed by atoms with Crippen molar-refractivity contribution in [3.05, 3.63) is 34.9 Å². The maximum atomic E-state index is 5.86. The zero-order valence-corrected chi connectivity index (χ0v) is 13.6. The van der Waals surface area contributed by atoms with Crippen LogP contribution in [0.3, 0.4) is 0 Å². The van der Waals surface area contributed by atoms with Crippen LogP contribution in [-0.2, 0) is 5.41 Å². The van der Waals surface area contributed by atoms with Gasteiger partial charge in [0.1, 0.15) is 0 Å². The molecule has 0 bridgehead atoms. The Morgan fingerprint density at radius 3 is 2.40 bits per heavy atom. The minimum atomic E-state index is 0.207.